The second-order valence-electron chi connectivity index (χ2n) is 14.4. The number of aromatic nitrogens is 4. The van der Waals surface area contributed by atoms with E-state index in [0.29, 0.717) is 17.5 Å². The van der Waals surface area contributed by atoms with Gasteiger partial charge in [0.25, 0.3) is 0 Å². The number of hydrogen-bond donors (Lipinski definition) is 0. The van der Waals surface area contributed by atoms with Gasteiger partial charge in [0.1, 0.15) is 5.58 Å². The number of hydrogen-bond acceptors (Lipinski definition) is 4. The molecule has 53 heavy (non-hydrogen) atoms. The predicted octanol–water partition coefficient (Wildman–Crippen LogP) is 12.2. The van der Waals surface area contributed by atoms with Gasteiger partial charge in [-0.3, -0.25) is 0 Å². The maximum atomic E-state index is 6.81. The molecule has 3 aromatic heterocycles. The van der Waals surface area contributed by atoms with Gasteiger partial charge in [0.15, 0.2) is 23.1 Å². The van der Waals surface area contributed by atoms with Crippen LogP contribution in [0.5, 0.6) is 0 Å². The summed E-state index contributed by atoms with van der Waals surface area (Å²) in [5, 5.41) is 4.41. The number of furan rings is 1. The summed E-state index contributed by atoms with van der Waals surface area (Å²) >= 11 is 0. The van der Waals surface area contributed by atoms with Crippen LogP contribution in [0.15, 0.2) is 162 Å². The van der Waals surface area contributed by atoms with Crippen molar-refractivity contribution >= 4 is 43.7 Å². The highest BCUT2D eigenvalue weighted by atomic mass is 16.3. The van der Waals surface area contributed by atoms with E-state index in [2.05, 4.69) is 146 Å². The van der Waals surface area contributed by atoms with Gasteiger partial charge in [-0.15, -0.1) is 0 Å². The van der Waals surface area contributed by atoms with Crippen LogP contribution in [0, 0.1) is 0 Å². The standard InChI is InChI=1S/C48H32N4O/c1-48(2)37-21-9-6-16-31(37)32-27-26-30(28-38(32)48)46-49-45(29-14-4-3-5-15-29)50-47(51-46)36-20-13-25-42-43(36)35-19-12-24-41(44(35)53-42)52-39-22-10-7-17-33(39)34-18-8-11-23-40(34)52/h3-28H,1-2H3. The Labute approximate surface area is 305 Å². The smallest absolute Gasteiger partial charge is 0.164 e. The molecule has 11 rings (SSSR count). The minimum absolute atomic E-state index is 0.143. The Morgan fingerprint density at radius 1 is 0.472 bits per heavy atom. The second-order valence-corrected chi connectivity index (χ2v) is 14.4. The Hall–Kier alpha value is -6.85. The summed E-state index contributed by atoms with van der Waals surface area (Å²) in [6.07, 6.45) is 0. The molecule has 0 aliphatic heterocycles. The van der Waals surface area contributed by atoms with Gasteiger partial charge in [-0.1, -0.05) is 141 Å². The molecule has 0 saturated carbocycles. The second kappa shape index (κ2) is 11.1. The highest BCUT2D eigenvalue weighted by Gasteiger charge is 2.35. The van der Waals surface area contributed by atoms with Crippen LogP contribution in [0.4, 0.5) is 0 Å². The van der Waals surface area contributed by atoms with Crippen molar-refractivity contribution in [1.29, 1.82) is 0 Å². The fourth-order valence-electron chi connectivity index (χ4n) is 8.56. The molecule has 0 amide bonds. The monoisotopic (exact) mass is 680 g/mol. The molecule has 3 heterocycles. The van der Waals surface area contributed by atoms with Gasteiger partial charge in [0, 0.05) is 43.7 Å². The highest BCUT2D eigenvalue weighted by Crippen LogP contribution is 2.49. The molecule has 0 saturated heterocycles. The van der Waals surface area contributed by atoms with Crippen LogP contribution in [0.3, 0.4) is 0 Å². The van der Waals surface area contributed by atoms with Crippen LogP contribution in [-0.2, 0) is 5.41 Å². The molecule has 0 N–H and O–H groups in total. The van der Waals surface area contributed by atoms with Crippen LogP contribution in [0.1, 0.15) is 25.0 Å². The van der Waals surface area contributed by atoms with Gasteiger partial charge in [-0.05, 0) is 52.6 Å². The largest absolute Gasteiger partial charge is 0.454 e. The van der Waals surface area contributed by atoms with E-state index in [1.165, 1.54) is 33.0 Å². The molecule has 250 valence electrons. The SMILES string of the molecule is CC1(C)c2ccccc2-c2ccc(-c3nc(-c4ccccc4)nc(-c4cccc5oc6c(-n7c8ccccc8c8ccccc87)cccc6c45)n3)cc21. The van der Waals surface area contributed by atoms with Crippen LogP contribution >= 0.6 is 0 Å². The predicted molar refractivity (Wildman–Crippen MR) is 215 cm³/mol. The van der Waals surface area contributed by atoms with Gasteiger partial charge in [-0.25, -0.2) is 15.0 Å². The summed E-state index contributed by atoms with van der Waals surface area (Å²) in [4.78, 5) is 15.5. The third-order valence-corrected chi connectivity index (χ3v) is 11.1. The summed E-state index contributed by atoms with van der Waals surface area (Å²) in [5.74, 6) is 1.87. The molecule has 0 fully saturated rings. The zero-order valence-electron chi connectivity index (χ0n) is 29.2. The molecule has 1 aliphatic carbocycles. The lowest BCUT2D eigenvalue weighted by Gasteiger charge is -2.21. The van der Waals surface area contributed by atoms with Gasteiger partial charge < -0.3 is 8.98 Å². The molecule has 0 atom stereocenters. The number of nitrogens with zero attached hydrogens (tertiary/aromatic N) is 4. The zero-order valence-corrected chi connectivity index (χ0v) is 29.2. The Morgan fingerprint density at radius 3 is 1.87 bits per heavy atom. The molecule has 0 spiro atoms. The van der Waals surface area contributed by atoms with Gasteiger partial charge in [0.2, 0.25) is 0 Å². The topological polar surface area (TPSA) is 56.7 Å². The van der Waals surface area contributed by atoms with Crippen molar-refractivity contribution in [2.45, 2.75) is 19.3 Å². The molecule has 10 aromatic rings. The van der Waals surface area contributed by atoms with E-state index in [4.69, 9.17) is 19.4 Å². The van der Waals surface area contributed by atoms with Crippen LogP contribution in [0.2, 0.25) is 0 Å². The molecule has 5 heteroatoms. The van der Waals surface area contributed by atoms with Crippen molar-refractivity contribution < 1.29 is 4.42 Å². The zero-order chi connectivity index (χ0) is 35.3. The number of rotatable bonds is 4. The summed E-state index contributed by atoms with van der Waals surface area (Å²) in [6, 6.07) is 55.2. The summed E-state index contributed by atoms with van der Waals surface area (Å²) in [6.45, 7) is 4.60. The fourth-order valence-corrected chi connectivity index (χ4v) is 8.56. The van der Waals surface area contributed by atoms with E-state index < -0.39 is 0 Å². The molecule has 0 bridgehead atoms. The molecular weight excluding hydrogens is 649 g/mol. The molecule has 7 aromatic carbocycles. The van der Waals surface area contributed by atoms with Crippen molar-refractivity contribution in [2.24, 2.45) is 0 Å². The third kappa shape index (κ3) is 4.34. The van der Waals surface area contributed by atoms with Crippen molar-refractivity contribution in [3.05, 3.63) is 169 Å². The van der Waals surface area contributed by atoms with Crippen LogP contribution < -0.4 is 0 Å². The van der Waals surface area contributed by atoms with E-state index in [-0.39, 0.29) is 5.41 Å². The van der Waals surface area contributed by atoms with Gasteiger partial charge in [0.05, 0.1) is 16.7 Å². The average molecular weight is 681 g/mol. The van der Waals surface area contributed by atoms with Gasteiger partial charge >= 0.3 is 0 Å². The first-order valence-corrected chi connectivity index (χ1v) is 18.0. The van der Waals surface area contributed by atoms with E-state index >= 15 is 0 Å². The number of fused-ring (bicyclic) bond motifs is 9. The van der Waals surface area contributed by atoms with E-state index in [9.17, 15) is 0 Å². The van der Waals surface area contributed by atoms with Crippen molar-refractivity contribution in [2.75, 3.05) is 0 Å². The summed E-state index contributed by atoms with van der Waals surface area (Å²) in [7, 11) is 0. The van der Waals surface area contributed by atoms with Crippen molar-refractivity contribution in [3.63, 3.8) is 0 Å². The van der Waals surface area contributed by atoms with Crippen molar-refractivity contribution in [3.8, 4) is 51.0 Å². The number of benzene rings is 7. The average Bonchev–Trinajstić information content (AvgIpc) is 3.84. The van der Waals surface area contributed by atoms with E-state index in [1.807, 2.05) is 30.3 Å². The van der Waals surface area contributed by atoms with E-state index in [0.717, 1.165) is 55.3 Å². The Balaban J connectivity index is 1.14. The quantitative estimate of drug-likeness (QED) is 0.186. The fraction of sp³-hybridized carbons (Fsp3) is 0.0625. The minimum atomic E-state index is -0.143. The Kier molecular flexibility index (Phi) is 6.23. The third-order valence-electron chi connectivity index (χ3n) is 11.1. The first-order valence-electron chi connectivity index (χ1n) is 18.0. The Morgan fingerprint density at radius 2 is 1.08 bits per heavy atom. The molecule has 0 radical (unpaired) electrons. The normalized spacial score (nSPS) is 13.2. The maximum absolute atomic E-state index is 6.81. The highest BCUT2D eigenvalue weighted by molar-refractivity contribution is 6.15. The molecule has 0 unspecified atom stereocenters. The summed E-state index contributed by atoms with van der Waals surface area (Å²) in [5.41, 5.74) is 12.7. The minimum Gasteiger partial charge on any atom is -0.454 e. The van der Waals surface area contributed by atoms with Crippen LogP contribution in [-0.4, -0.2) is 19.5 Å². The van der Waals surface area contributed by atoms with Crippen LogP contribution in [0.25, 0.3) is 94.7 Å². The molecule has 5 nitrogen and oxygen atoms in total. The lowest BCUT2D eigenvalue weighted by Crippen LogP contribution is -2.15. The maximum Gasteiger partial charge on any atom is 0.164 e. The van der Waals surface area contributed by atoms with Gasteiger partial charge in [-0.2, -0.15) is 0 Å². The Bertz CT molecular complexity index is 3040. The van der Waals surface area contributed by atoms with E-state index in [1.54, 1.807) is 0 Å². The van der Waals surface area contributed by atoms with Crippen molar-refractivity contribution in [1.82, 2.24) is 19.5 Å². The molecule has 1 aliphatic rings. The first-order chi connectivity index (χ1) is 26.0. The summed E-state index contributed by atoms with van der Waals surface area (Å²) < 4.78 is 9.13. The number of para-hydroxylation sites is 3. The lowest BCUT2D eigenvalue weighted by atomic mass is 9.82. The first kappa shape index (κ1) is 29.8. The molecular formula is C48H32N4O. The lowest BCUT2D eigenvalue weighted by molar-refractivity contribution is 0.660.